The molecular weight excluding hydrogens is 412 g/mol. The van der Waals surface area contributed by atoms with Crippen LogP contribution in [0.15, 0.2) is 41.9 Å². The van der Waals surface area contributed by atoms with Gasteiger partial charge >= 0.3 is 5.97 Å². The van der Waals surface area contributed by atoms with Crippen LogP contribution in [0.25, 0.3) is 0 Å². The number of hydrogen-bond acceptors (Lipinski definition) is 5. The zero-order chi connectivity index (χ0) is 21.8. The van der Waals surface area contributed by atoms with Gasteiger partial charge in [-0.2, -0.15) is 0 Å². The van der Waals surface area contributed by atoms with Crippen molar-refractivity contribution in [2.75, 3.05) is 23.3 Å². The number of rotatable bonds is 6. The minimum Gasteiger partial charge on any atom is -0.478 e. The summed E-state index contributed by atoms with van der Waals surface area (Å²) in [5, 5.41) is 15.0. The number of aromatic nitrogens is 2. The van der Waals surface area contributed by atoms with Crippen molar-refractivity contribution >= 4 is 34.0 Å². The lowest BCUT2D eigenvalue weighted by Gasteiger charge is -2.18. The molecule has 1 saturated heterocycles. The number of thiazole rings is 1. The van der Waals surface area contributed by atoms with Crippen LogP contribution in [0.3, 0.4) is 0 Å². The number of hydrogen-bond donors (Lipinski definition) is 2. The van der Waals surface area contributed by atoms with Crippen LogP contribution in [0.1, 0.15) is 57.8 Å². The van der Waals surface area contributed by atoms with Crippen molar-refractivity contribution in [3.05, 3.63) is 64.4 Å². The molecule has 1 aliphatic heterocycles. The molecule has 0 saturated carbocycles. The lowest BCUT2D eigenvalue weighted by molar-refractivity contribution is 0.0696. The average Bonchev–Trinajstić information content (AvgIpc) is 3.25. The van der Waals surface area contributed by atoms with Gasteiger partial charge in [0.2, 0.25) is 0 Å². The van der Waals surface area contributed by atoms with E-state index in [0.29, 0.717) is 17.9 Å². The summed E-state index contributed by atoms with van der Waals surface area (Å²) in [6, 6.07) is 7.98. The van der Waals surface area contributed by atoms with Crippen LogP contribution in [0.2, 0.25) is 0 Å². The molecule has 4 rings (SSSR count). The summed E-state index contributed by atoms with van der Waals surface area (Å²) in [4.78, 5) is 31.1. The van der Waals surface area contributed by atoms with Gasteiger partial charge in [-0.05, 0) is 55.7 Å². The Kier molecular flexibility index (Phi) is 6.36. The van der Waals surface area contributed by atoms with Gasteiger partial charge in [0.15, 0.2) is 5.13 Å². The van der Waals surface area contributed by atoms with Crippen LogP contribution in [0.4, 0.5) is 10.8 Å². The summed E-state index contributed by atoms with van der Waals surface area (Å²) in [5.41, 5.74) is 3.22. The van der Waals surface area contributed by atoms with Crippen molar-refractivity contribution in [2.45, 2.75) is 39.2 Å². The molecule has 3 heterocycles. The van der Waals surface area contributed by atoms with Gasteiger partial charge < -0.3 is 19.9 Å². The van der Waals surface area contributed by atoms with Gasteiger partial charge in [-0.3, -0.25) is 4.79 Å². The number of carbonyl (C=O) groups is 2. The van der Waals surface area contributed by atoms with Gasteiger partial charge in [-0.1, -0.05) is 12.8 Å². The van der Waals surface area contributed by atoms with Crippen LogP contribution in [0.5, 0.6) is 0 Å². The molecule has 1 fully saturated rings. The number of carboxylic acid groups (broad SMARTS) is 1. The van der Waals surface area contributed by atoms with E-state index in [1.54, 1.807) is 23.5 Å². The third kappa shape index (κ3) is 5.14. The van der Waals surface area contributed by atoms with Gasteiger partial charge in [0.1, 0.15) is 5.69 Å². The Morgan fingerprint density at radius 3 is 2.52 bits per heavy atom. The molecule has 8 heteroatoms. The van der Waals surface area contributed by atoms with E-state index in [4.69, 9.17) is 10.1 Å². The van der Waals surface area contributed by atoms with Crippen LogP contribution >= 0.6 is 11.3 Å². The Labute approximate surface area is 185 Å². The number of anilines is 2. The normalized spacial score (nSPS) is 14.3. The summed E-state index contributed by atoms with van der Waals surface area (Å²) >= 11 is 1.66. The second kappa shape index (κ2) is 9.34. The average molecular weight is 439 g/mol. The summed E-state index contributed by atoms with van der Waals surface area (Å²) < 4.78 is 1.91. The number of nitrogens with one attached hydrogen (secondary N) is 1. The quantitative estimate of drug-likeness (QED) is 0.586. The van der Waals surface area contributed by atoms with Crippen molar-refractivity contribution in [2.24, 2.45) is 0 Å². The predicted octanol–water partition coefficient (Wildman–Crippen LogP) is 4.63. The third-order valence-electron chi connectivity index (χ3n) is 5.40. The van der Waals surface area contributed by atoms with Crippen molar-refractivity contribution in [3.8, 4) is 0 Å². The smallest absolute Gasteiger partial charge is 0.335 e. The number of aryl methyl sites for hydroxylation is 1. The minimum absolute atomic E-state index is 0.181. The summed E-state index contributed by atoms with van der Waals surface area (Å²) in [6.07, 6.45) is 6.95. The van der Waals surface area contributed by atoms with Gasteiger partial charge in [-0.15, -0.1) is 11.3 Å². The number of carboxylic acids is 1. The van der Waals surface area contributed by atoms with Crippen molar-refractivity contribution < 1.29 is 14.7 Å². The summed E-state index contributed by atoms with van der Waals surface area (Å²) in [7, 11) is 0. The molecule has 0 unspecified atom stereocenters. The number of carbonyl (C=O) groups excluding carboxylic acids is 1. The lowest BCUT2D eigenvalue weighted by Crippen LogP contribution is -2.23. The largest absolute Gasteiger partial charge is 0.478 e. The second-order valence-corrected chi connectivity index (χ2v) is 8.73. The standard InChI is InChI=1S/C23H26N4O3S/c1-16-12-20(21(28)24-18-8-6-17(7-9-18)22(29)30)27(13-16)14-19-15-31-23(25-19)26-10-4-2-3-5-11-26/h6-9,12-13,15H,2-5,10-11,14H2,1H3,(H,24,28)(H,29,30). The maximum Gasteiger partial charge on any atom is 0.335 e. The van der Waals surface area contributed by atoms with E-state index in [2.05, 4.69) is 15.6 Å². The van der Waals surface area contributed by atoms with E-state index >= 15 is 0 Å². The van der Waals surface area contributed by atoms with Gasteiger partial charge in [0, 0.05) is 30.4 Å². The minimum atomic E-state index is -0.995. The van der Waals surface area contributed by atoms with E-state index in [1.165, 1.54) is 37.8 Å². The maximum absolute atomic E-state index is 12.9. The Morgan fingerprint density at radius 2 is 1.84 bits per heavy atom. The number of amides is 1. The van der Waals surface area contributed by atoms with Crippen molar-refractivity contribution in [1.29, 1.82) is 0 Å². The van der Waals surface area contributed by atoms with E-state index in [1.807, 2.05) is 23.8 Å². The fraction of sp³-hybridized carbons (Fsp3) is 0.348. The van der Waals surface area contributed by atoms with Crippen LogP contribution in [0, 0.1) is 6.92 Å². The van der Waals surface area contributed by atoms with Crippen molar-refractivity contribution in [3.63, 3.8) is 0 Å². The molecule has 2 N–H and O–H groups in total. The van der Waals surface area contributed by atoms with Crippen LogP contribution in [-0.2, 0) is 6.54 Å². The SMILES string of the molecule is Cc1cc(C(=O)Nc2ccc(C(=O)O)cc2)n(Cc2csc(N3CCCCCC3)n2)c1. The van der Waals surface area contributed by atoms with Crippen LogP contribution < -0.4 is 10.2 Å². The van der Waals surface area contributed by atoms with E-state index in [9.17, 15) is 9.59 Å². The molecule has 1 aliphatic rings. The topological polar surface area (TPSA) is 87.5 Å². The van der Waals surface area contributed by atoms with Crippen molar-refractivity contribution in [1.82, 2.24) is 9.55 Å². The van der Waals surface area contributed by atoms with Gasteiger partial charge in [0.05, 0.1) is 17.8 Å². The highest BCUT2D eigenvalue weighted by Crippen LogP contribution is 2.25. The molecule has 0 aliphatic carbocycles. The fourth-order valence-corrected chi connectivity index (χ4v) is 4.69. The predicted molar refractivity (Wildman–Crippen MR) is 122 cm³/mol. The third-order valence-corrected chi connectivity index (χ3v) is 6.35. The highest BCUT2D eigenvalue weighted by atomic mass is 32.1. The lowest BCUT2D eigenvalue weighted by atomic mass is 10.2. The molecule has 2 aromatic heterocycles. The molecule has 3 aromatic rings. The first-order valence-corrected chi connectivity index (χ1v) is 11.4. The fourth-order valence-electron chi connectivity index (χ4n) is 3.82. The maximum atomic E-state index is 12.9. The highest BCUT2D eigenvalue weighted by Gasteiger charge is 2.17. The highest BCUT2D eigenvalue weighted by molar-refractivity contribution is 7.13. The first kappa shape index (κ1) is 21.1. The van der Waals surface area contributed by atoms with Crippen LogP contribution in [-0.4, -0.2) is 39.6 Å². The molecule has 0 bridgehead atoms. The van der Waals surface area contributed by atoms with E-state index < -0.39 is 5.97 Å². The molecule has 0 atom stereocenters. The number of aromatic carboxylic acids is 1. The molecule has 0 radical (unpaired) electrons. The Bertz CT molecular complexity index is 1060. The molecule has 31 heavy (non-hydrogen) atoms. The molecular formula is C23H26N4O3S. The molecule has 1 aromatic carbocycles. The number of nitrogens with zero attached hydrogens (tertiary/aromatic N) is 3. The zero-order valence-electron chi connectivity index (χ0n) is 17.5. The summed E-state index contributed by atoms with van der Waals surface area (Å²) in [6.45, 7) is 4.60. The zero-order valence-corrected chi connectivity index (χ0v) is 18.3. The van der Waals surface area contributed by atoms with E-state index in [0.717, 1.165) is 29.5 Å². The first-order chi connectivity index (χ1) is 15.0. The molecule has 1 amide bonds. The molecule has 7 nitrogen and oxygen atoms in total. The molecule has 0 spiro atoms. The Balaban J connectivity index is 1.47. The Hall–Kier alpha value is -3.13. The molecule has 162 valence electrons. The van der Waals surface area contributed by atoms with Gasteiger partial charge in [0.25, 0.3) is 5.91 Å². The van der Waals surface area contributed by atoms with Gasteiger partial charge in [-0.25, -0.2) is 9.78 Å². The monoisotopic (exact) mass is 438 g/mol. The number of benzene rings is 1. The second-order valence-electron chi connectivity index (χ2n) is 7.89. The summed E-state index contributed by atoms with van der Waals surface area (Å²) in [5.74, 6) is -1.23. The Morgan fingerprint density at radius 1 is 1.13 bits per heavy atom. The van der Waals surface area contributed by atoms with E-state index in [-0.39, 0.29) is 11.5 Å². The first-order valence-electron chi connectivity index (χ1n) is 10.5.